The van der Waals surface area contributed by atoms with Crippen LogP contribution in [0.25, 0.3) is 21.7 Å². The van der Waals surface area contributed by atoms with Gasteiger partial charge in [0.25, 0.3) is 11.5 Å². The van der Waals surface area contributed by atoms with Crippen molar-refractivity contribution < 1.29 is 4.79 Å². The van der Waals surface area contributed by atoms with Gasteiger partial charge in [-0.25, -0.2) is 0 Å². The molecule has 1 fully saturated rings. The Hall–Kier alpha value is -2.41. The molecule has 1 saturated heterocycles. The van der Waals surface area contributed by atoms with Gasteiger partial charge in [0, 0.05) is 38.3 Å². The molecule has 1 amide bonds. The van der Waals surface area contributed by atoms with Crippen LogP contribution in [0.4, 0.5) is 0 Å². The summed E-state index contributed by atoms with van der Waals surface area (Å²) in [6, 6.07) is 13.6. The average Bonchev–Trinajstić information content (AvgIpc) is 3.24. The highest BCUT2D eigenvalue weighted by Gasteiger charge is 2.30. The van der Waals surface area contributed by atoms with Crippen molar-refractivity contribution in [3.8, 4) is 21.7 Å². The normalized spacial score (nSPS) is 15.8. The molecule has 0 aliphatic carbocycles. The lowest BCUT2D eigenvalue weighted by atomic mass is 9.97. The lowest BCUT2D eigenvalue weighted by Crippen LogP contribution is -2.47. The van der Waals surface area contributed by atoms with Gasteiger partial charge >= 0.3 is 0 Å². The summed E-state index contributed by atoms with van der Waals surface area (Å²) in [5, 5.41) is 2.06. The maximum absolute atomic E-state index is 13.6. The van der Waals surface area contributed by atoms with Crippen molar-refractivity contribution in [1.82, 2.24) is 14.4 Å². The maximum Gasteiger partial charge on any atom is 0.258 e. The number of halogens is 1. The molecule has 0 radical (unpaired) electrons. The van der Waals surface area contributed by atoms with Gasteiger partial charge in [-0.1, -0.05) is 30.3 Å². The summed E-state index contributed by atoms with van der Waals surface area (Å²) in [4.78, 5) is 32.2. The summed E-state index contributed by atoms with van der Waals surface area (Å²) in [6.07, 6.45) is 0.826. The number of carbonyl (C=O) groups is 1. The van der Waals surface area contributed by atoms with Crippen LogP contribution in [-0.2, 0) is 13.0 Å². The molecule has 5 rings (SSSR count). The van der Waals surface area contributed by atoms with E-state index in [9.17, 15) is 9.59 Å². The van der Waals surface area contributed by atoms with Crippen molar-refractivity contribution in [3.05, 3.63) is 69.3 Å². The van der Waals surface area contributed by atoms with Crippen LogP contribution in [-0.4, -0.2) is 53.5 Å². The SMILES string of the molecule is CN1CCN(C(=O)c2cc(-c3ccccc3)c(=O)n3c2-c2sccc2CC3)CC1.Cl. The topological polar surface area (TPSA) is 45.6 Å². The van der Waals surface area contributed by atoms with Gasteiger partial charge in [-0.05, 0) is 42.1 Å². The minimum Gasteiger partial charge on any atom is -0.336 e. The number of rotatable bonds is 2. The summed E-state index contributed by atoms with van der Waals surface area (Å²) in [7, 11) is 2.08. The van der Waals surface area contributed by atoms with Gasteiger partial charge in [0.1, 0.15) is 0 Å². The summed E-state index contributed by atoms with van der Waals surface area (Å²) in [6.45, 7) is 3.78. The highest BCUT2D eigenvalue weighted by molar-refractivity contribution is 7.13. The molecule has 0 atom stereocenters. The van der Waals surface area contributed by atoms with E-state index in [1.807, 2.05) is 45.9 Å². The van der Waals surface area contributed by atoms with Crippen molar-refractivity contribution in [1.29, 1.82) is 0 Å². The Balaban J connectivity index is 0.00000218. The first-order chi connectivity index (χ1) is 14.1. The van der Waals surface area contributed by atoms with Gasteiger partial charge in [0.05, 0.1) is 16.1 Å². The van der Waals surface area contributed by atoms with Gasteiger partial charge in [0.15, 0.2) is 0 Å². The minimum atomic E-state index is -0.0137. The van der Waals surface area contributed by atoms with Gasteiger partial charge < -0.3 is 14.4 Å². The van der Waals surface area contributed by atoms with Gasteiger partial charge in [-0.2, -0.15) is 0 Å². The molecular formula is C23H24ClN3O2S. The number of carbonyl (C=O) groups excluding carboxylic acids is 1. The molecule has 7 heteroatoms. The van der Waals surface area contributed by atoms with E-state index < -0.39 is 0 Å². The Morgan fingerprint density at radius 3 is 2.47 bits per heavy atom. The van der Waals surface area contributed by atoms with E-state index in [-0.39, 0.29) is 23.9 Å². The standard InChI is InChI=1S/C23H23N3O2S.ClH/c1-24-10-12-25(13-11-24)22(27)19-15-18(16-5-3-2-4-6-16)23(28)26-9-7-17-8-14-29-21(17)20(19)26;/h2-6,8,14-15H,7,9-13H2,1H3;1H. The first-order valence-electron chi connectivity index (χ1n) is 10.0. The molecule has 3 aromatic rings. The number of hydrogen-bond acceptors (Lipinski definition) is 4. The van der Waals surface area contributed by atoms with Crippen molar-refractivity contribution in [2.75, 3.05) is 33.2 Å². The molecule has 4 heterocycles. The number of fused-ring (bicyclic) bond motifs is 3. The quantitative estimate of drug-likeness (QED) is 0.610. The zero-order valence-electron chi connectivity index (χ0n) is 16.8. The Morgan fingerprint density at radius 1 is 1.00 bits per heavy atom. The fraction of sp³-hybridized carbons (Fsp3) is 0.304. The molecule has 0 N–H and O–H groups in total. The maximum atomic E-state index is 13.6. The van der Waals surface area contributed by atoms with Gasteiger partial charge in [-0.15, -0.1) is 23.7 Å². The van der Waals surface area contributed by atoms with Crippen molar-refractivity contribution >= 4 is 29.7 Å². The number of aryl methyl sites for hydroxylation is 1. The Morgan fingerprint density at radius 2 is 1.73 bits per heavy atom. The van der Waals surface area contributed by atoms with E-state index in [0.29, 0.717) is 30.8 Å². The first kappa shape index (κ1) is 20.8. The van der Waals surface area contributed by atoms with Crippen LogP contribution >= 0.6 is 23.7 Å². The highest BCUT2D eigenvalue weighted by Crippen LogP contribution is 2.37. The number of aromatic nitrogens is 1. The van der Waals surface area contributed by atoms with E-state index in [4.69, 9.17) is 0 Å². The van der Waals surface area contributed by atoms with E-state index in [1.54, 1.807) is 11.3 Å². The third kappa shape index (κ3) is 3.49. The molecule has 156 valence electrons. The third-order valence-electron chi connectivity index (χ3n) is 5.96. The third-order valence-corrected chi connectivity index (χ3v) is 6.92. The second-order valence-corrected chi connectivity index (χ2v) is 8.68. The largest absolute Gasteiger partial charge is 0.336 e. The predicted octanol–water partition coefficient (Wildman–Crippen LogP) is 3.61. The molecule has 1 aromatic carbocycles. The molecule has 0 unspecified atom stereocenters. The van der Waals surface area contributed by atoms with Crippen molar-refractivity contribution in [2.45, 2.75) is 13.0 Å². The number of pyridine rings is 1. The molecule has 2 aromatic heterocycles. The molecule has 5 nitrogen and oxygen atoms in total. The number of benzene rings is 1. The lowest BCUT2D eigenvalue weighted by molar-refractivity contribution is 0.0664. The number of nitrogens with zero attached hydrogens (tertiary/aromatic N) is 3. The highest BCUT2D eigenvalue weighted by atomic mass is 35.5. The number of likely N-dealkylation sites (N-methyl/N-ethyl adjacent to an activating group) is 1. The molecule has 30 heavy (non-hydrogen) atoms. The van der Waals surface area contributed by atoms with Crippen LogP contribution in [0.3, 0.4) is 0 Å². The molecule has 0 spiro atoms. The summed E-state index contributed by atoms with van der Waals surface area (Å²) in [5.41, 5.74) is 4.13. The van der Waals surface area contributed by atoms with Crippen LogP contribution in [0.15, 0.2) is 52.6 Å². The molecule has 0 saturated carbocycles. The van der Waals surface area contributed by atoms with E-state index in [2.05, 4.69) is 23.4 Å². The zero-order chi connectivity index (χ0) is 20.0. The zero-order valence-corrected chi connectivity index (χ0v) is 18.5. The van der Waals surface area contributed by atoms with E-state index in [0.717, 1.165) is 35.6 Å². The summed E-state index contributed by atoms with van der Waals surface area (Å²) >= 11 is 1.62. The fourth-order valence-corrected chi connectivity index (χ4v) is 5.29. The number of amides is 1. The minimum absolute atomic E-state index is 0. The van der Waals surface area contributed by atoms with Crippen LogP contribution in [0, 0.1) is 0 Å². The van der Waals surface area contributed by atoms with Crippen LogP contribution < -0.4 is 5.56 Å². The molecule has 2 aliphatic rings. The monoisotopic (exact) mass is 441 g/mol. The number of piperazine rings is 1. The summed E-state index contributed by atoms with van der Waals surface area (Å²) < 4.78 is 1.82. The van der Waals surface area contributed by atoms with E-state index >= 15 is 0 Å². The molecular weight excluding hydrogens is 418 g/mol. The van der Waals surface area contributed by atoms with Gasteiger partial charge in [0.2, 0.25) is 0 Å². The lowest BCUT2D eigenvalue weighted by Gasteiger charge is -2.33. The number of hydrogen-bond donors (Lipinski definition) is 0. The van der Waals surface area contributed by atoms with Crippen LogP contribution in [0.5, 0.6) is 0 Å². The predicted molar refractivity (Wildman–Crippen MR) is 124 cm³/mol. The second-order valence-electron chi connectivity index (χ2n) is 7.76. The van der Waals surface area contributed by atoms with Crippen LogP contribution in [0.2, 0.25) is 0 Å². The Kier molecular flexibility index (Phi) is 5.82. The Bertz CT molecular complexity index is 1130. The Labute approximate surface area is 186 Å². The summed E-state index contributed by atoms with van der Waals surface area (Å²) in [5.74, 6) is 0.0280. The van der Waals surface area contributed by atoms with Crippen molar-refractivity contribution in [3.63, 3.8) is 0 Å². The van der Waals surface area contributed by atoms with Crippen LogP contribution in [0.1, 0.15) is 15.9 Å². The molecule has 2 aliphatic heterocycles. The van der Waals surface area contributed by atoms with Crippen molar-refractivity contribution in [2.24, 2.45) is 0 Å². The van der Waals surface area contributed by atoms with E-state index in [1.165, 1.54) is 5.56 Å². The smallest absolute Gasteiger partial charge is 0.258 e. The second kappa shape index (κ2) is 8.38. The molecule has 0 bridgehead atoms. The fourth-order valence-electron chi connectivity index (χ4n) is 4.27. The first-order valence-corrected chi connectivity index (χ1v) is 10.9. The average molecular weight is 442 g/mol. The number of thiophene rings is 1. The van der Waals surface area contributed by atoms with Gasteiger partial charge in [-0.3, -0.25) is 9.59 Å².